The summed E-state index contributed by atoms with van der Waals surface area (Å²) in [5.41, 5.74) is 3.82. The molecule has 0 aliphatic carbocycles. The third-order valence-corrected chi connectivity index (χ3v) is 3.34. The van der Waals surface area contributed by atoms with E-state index in [0.717, 1.165) is 22.6 Å². The first-order valence-corrected chi connectivity index (χ1v) is 6.67. The fraction of sp³-hybridized carbons (Fsp3) is 0.267. The lowest BCUT2D eigenvalue weighted by atomic mass is 10.1. The first-order valence-electron chi connectivity index (χ1n) is 6.67. The van der Waals surface area contributed by atoms with Gasteiger partial charge in [0.15, 0.2) is 0 Å². The molecule has 1 aromatic carbocycles. The molecule has 0 saturated carbocycles. The summed E-state index contributed by atoms with van der Waals surface area (Å²) in [5, 5.41) is 11.5. The van der Waals surface area contributed by atoms with Crippen LogP contribution in [0.4, 0.5) is 0 Å². The zero-order valence-corrected chi connectivity index (χ0v) is 11.3. The molecule has 0 atom stereocenters. The molecule has 1 N–H and O–H groups in total. The number of hydrogen-bond acceptors (Lipinski definition) is 4. The standard InChI is InChI=1S/C15H16N4O/c1-11-4-2-3-5-15(11)19-10-13(17-18-19)8-12-9-14(20)6-7-16-12/h2-5,8,10,16H,6-7,9H2,1H3. The van der Waals surface area contributed by atoms with Crippen molar-refractivity contribution in [3.05, 3.63) is 47.4 Å². The maximum atomic E-state index is 11.4. The molecule has 102 valence electrons. The van der Waals surface area contributed by atoms with E-state index >= 15 is 0 Å². The van der Waals surface area contributed by atoms with Gasteiger partial charge in [-0.3, -0.25) is 4.79 Å². The molecule has 1 aliphatic rings. The van der Waals surface area contributed by atoms with Crippen molar-refractivity contribution in [3.63, 3.8) is 0 Å². The monoisotopic (exact) mass is 268 g/mol. The van der Waals surface area contributed by atoms with E-state index in [1.54, 1.807) is 4.68 Å². The van der Waals surface area contributed by atoms with Crippen LogP contribution >= 0.6 is 0 Å². The van der Waals surface area contributed by atoms with Gasteiger partial charge in [-0.25, -0.2) is 4.68 Å². The molecule has 20 heavy (non-hydrogen) atoms. The zero-order valence-electron chi connectivity index (χ0n) is 11.3. The normalized spacial score (nSPS) is 17.2. The molecule has 2 heterocycles. The number of benzene rings is 1. The number of rotatable bonds is 2. The Kier molecular flexibility index (Phi) is 3.33. The third-order valence-electron chi connectivity index (χ3n) is 3.34. The van der Waals surface area contributed by atoms with Crippen LogP contribution < -0.4 is 5.32 Å². The predicted octanol–water partition coefficient (Wildman–Crippen LogP) is 1.87. The summed E-state index contributed by atoms with van der Waals surface area (Å²) < 4.78 is 1.76. The van der Waals surface area contributed by atoms with Gasteiger partial charge in [0.25, 0.3) is 0 Å². The minimum Gasteiger partial charge on any atom is -0.387 e. The molecular formula is C15H16N4O. The van der Waals surface area contributed by atoms with Gasteiger partial charge < -0.3 is 5.32 Å². The number of para-hydroxylation sites is 1. The van der Waals surface area contributed by atoms with Crippen LogP contribution in [0, 0.1) is 6.92 Å². The van der Waals surface area contributed by atoms with E-state index < -0.39 is 0 Å². The van der Waals surface area contributed by atoms with Crippen LogP contribution in [-0.4, -0.2) is 27.3 Å². The highest BCUT2D eigenvalue weighted by Crippen LogP contribution is 2.14. The van der Waals surface area contributed by atoms with Gasteiger partial charge in [-0.1, -0.05) is 23.4 Å². The molecule has 5 heteroatoms. The molecule has 1 saturated heterocycles. The Morgan fingerprint density at radius 3 is 3.00 bits per heavy atom. The Balaban J connectivity index is 1.86. The Morgan fingerprint density at radius 1 is 1.35 bits per heavy atom. The van der Waals surface area contributed by atoms with Crippen molar-refractivity contribution in [2.75, 3.05) is 6.54 Å². The van der Waals surface area contributed by atoms with Gasteiger partial charge in [0.2, 0.25) is 0 Å². The molecule has 5 nitrogen and oxygen atoms in total. The molecule has 0 amide bonds. The number of nitrogens with zero attached hydrogens (tertiary/aromatic N) is 3. The first kappa shape index (κ1) is 12.6. The van der Waals surface area contributed by atoms with E-state index in [4.69, 9.17) is 0 Å². The summed E-state index contributed by atoms with van der Waals surface area (Å²) >= 11 is 0. The van der Waals surface area contributed by atoms with Crippen LogP contribution in [0.15, 0.2) is 36.2 Å². The van der Waals surface area contributed by atoms with Crippen LogP contribution in [0.5, 0.6) is 0 Å². The number of Topliss-reactive ketones (excluding diaryl/α,β-unsaturated/α-hetero) is 1. The average molecular weight is 268 g/mol. The lowest BCUT2D eigenvalue weighted by Gasteiger charge is -2.14. The quantitative estimate of drug-likeness (QED) is 0.903. The molecule has 1 fully saturated rings. The van der Waals surface area contributed by atoms with Gasteiger partial charge in [-0.2, -0.15) is 0 Å². The number of nitrogens with one attached hydrogen (secondary N) is 1. The summed E-state index contributed by atoms with van der Waals surface area (Å²) in [7, 11) is 0. The summed E-state index contributed by atoms with van der Waals surface area (Å²) in [4.78, 5) is 11.4. The van der Waals surface area contributed by atoms with E-state index in [1.807, 2.05) is 43.5 Å². The van der Waals surface area contributed by atoms with Crippen molar-refractivity contribution >= 4 is 11.9 Å². The highest BCUT2D eigenvalue weighted by Gasteiger charge is 2.13. The maximum Gasteiger partial charge on any atom is 0.140 e. The first-order chi connectivity index (χ1) is 9.72. The molecular weight excluding hydrogens is 252 g/mol. The topological polar surface area (TPSA) is 59.8 Å². The molecule has 0 radical (unpaired) electrons. The Labute approximate surface area is 117 Å². The molecule has 2 aromatic rings. The molecule has 3 rings (SSSR count). The lowest BCUT2D eigenvalue weighted by molar-refractivity contribution is -0.119. The van der Waals surface area contributed by atoms with Crippen LogP contribution in [0.1, 0.15) is 24.1 Å². The Hall–Kier alpha value is -2.43. The van der Waals surface area contributed by atoms with E-state index in [0.29, 0.717) is 19.4 Å². The lowest BCUT2D eigenvalue weighted by Crippen LogP contribution is -2.25. The number of carbonyl (C=O) groups excluding carboxylic acids is 1. The summed E-state index contributed by atoms with van der Waals surface area (Å²) in [5.74, 6) is 0.265. The second-order valence-electron chi connectivity index (χ2n) is 4.94. The van der Waals surface area contributed by atoms with Gasteiger partial charge in [-0.15, -0.1) is 5.10 Å². The van der Waals surface area contributed by atoms with Crippen LogP contribution in [-0.2, 0) is 4.79 Å². The minimum atomic E-state index is 0.265. The van der Waals surface area contributed by atoms with Crippen LogP contribution in [0.2, 0.25) is 0 Å². The fourth-order valence-corrected chi connectivity index (χ4v) is 2.29. The number of allylic oxidation sites excluding steroid dienone is 1. The van der Waals surface area contributed by atoms with Gasteiger partial charge in [0.05, 0.1) is 11.9 Å². The van der Waals surface area contributed by atoms with E-state index in [1.165, 1.54) is 0 Å². The Morgan fingerprint density at radius 2 is 2.20 bits per heavy atom. The van der Waals surface area contributed by atoms with Crippen molar-refractivity contribution < 1.29 is 4.79 Å². The number of hydrogen-bond donors (Lipinski definition) is 1. The zero-order chi connectivity index (χ0) is 13.9. The van der Waals surface area contributed by atoms with Crippen molar-refractivity contribution in [2.24, 2.45) is 0 Å². The van der Waals surface area contributed by atoms with Crippen molar-refractivity contribution in [3.8, 4) is 5.69 Å². The van der Waals surface area contributed by atoms with Gasteiger partial charge in [-0.05, 0) is 24.6 Å². The van der Waals surface area contributed by atoms with Gasteiger partial charge in [0.1, 0.15) is 11.5 Å². The maximum absolute atomic E-state index is 11.4. The number of aryl methyl sites for hydroxylation is 1. The molecule has 0 spiro atoms. The predicted molar refractivity (Wildman–Crippen MR) is 76.3 cm³/mol. The van der Waals surface area contributed by atoms with Gasteiger partial charge >= 0.3 is 0 Å². The highest BCUT2D eigenvalue weighted by atomic mass is 16.1. The molecule has 1 aromatic heterocycles. The van der Waals surface area contributed by atoms with Crippen molar-refractivity contribution in [1.82, 2.24) is 20.3 Å². The summed E-state index contributed by atoms with van der Waals surface area (Å²) in [6.45, 7) is 2.74. The number of carbonyl (C=O) groups is 1. The largest absolute Gasteiger partial charge is 0.387 e. The van der Waals surface area contributed by atoms with E-state index in [-0.39, 0.29) is 5.78 Å². The molecule has 0 unspecified atom stereocenters. The number of ketones is 1. The smallest absolute Gasteiger partial charge is 0.140 e. The number of aromatic nitrogens is 3. The minimum absolute atomic E-state index is 0.265. The Bertz CT molecular complexity index is 672. The fourth-order valence-electron chi connectivity index (χ4n) is 2.29. The summed E-state index contributed by atoms with van der Waals surface area (Å²) in [6.07, 6.45) is 4.82. The van der Waals surface area contributed by atoms with Gasteiger partial charge in [0, 0.05) is 25.1 Å². The van der Waals surface area contributed by atoms with Crippen LogP contribution in [0.3, 0.4) is 0 Å². The SMILES string of the molecule is Cc1ccccc1-n1cc(C=C2CC(=O)CCN2)nn1. The second-order valence-corrected chi connectivity index (χ2v) is 4.94. The third kappa shape index (κ3) is 2.61. The van der Waals surface area contributed by atoms with E-state index in [2.05, 4.69) is 15.6 Å². The number of piperidine rings is 1. The van der Waals surface area contributed by atoms with Crippen molar-refractivity contribution in [1.29, 1.82) is 0 Å². The van der Waals surface area contributed by atoms with Crippen molar-refractivity contribution in [2.45, 2.75) is 19.8 Å². The van der Waals surface area contributed by atoms with E-state index in [9.17, 15) is 4.79 Å². The summed E-state index contributed by atoms with van der Waals surface area (Å²) in [6, 6.07) is 8.01. The average Bonchev–Trinajstić information content (AvgIpc) is 2.87. The molecule has 1 aliphatic heterocycles. The second kappa shape index (κ2) is 5.28. The van der Waals surface area contributed by atoms with Crippen LogP contribution in [0.25, 0.3) is 11.8 Å². The molecule has 0 bridgehead atoms. The highest BCUT2D eigenvalue weighted by molar-refractivity contribution is 5.83.